The van der Waals surface area contributed by atoms with Gasteiger partial charge in [-0.2, -0.15) is 0 Å². The van der Waals surface area contributed by atoms with E-state index in [1.165, 1.54) is 154 Å². The SMILES string of the molecule is CC/C=C\C/C=C\C/C=C\C/C=C\C/C=C\C/C=C\CCCCCCCCCCCCCCC(=O)OCC(COP(=O)(O)OCC(O)COP(=O)(O)OCC(O)COC(=O)CCCCCCCCCCCCCCCCCCC/C=C\C/C=C\C/C=C\C/C=C\C/C=C\CC)OC(=O)CCCCCCC/C=C\C/C=C\CCCCC. The van der Waals surface area contributed by atoms with Crippen LogP contribution in [0.4, 0.5) is 0 Å². The van der Waals surface area contributed by atoms with Crippen molar-refractivity contribution in [3.05, 3.63) is 158 Å². The number of carbonyl (C=O) groups excluding carboxylic acids is 3. The minimum absolute atomic E-state index is 0.0862. The van der Waals surface area contributed by atoms with E-state index in [9.17, 15) is 43.5 Å². The van der Waals surface area contributed by atoms with E-state index in [1.54, 1.807) is 0 Å². The maximum atomic E-state index is 13.0. The van der Waals surface area contributed by atoms with Gasteiger partial charge in [0.15, 0.2) is 6.10 Å². The lowest BCUT2D eigenvalue weighted by Gasteiger charge is -2.21. The predicted octanol–water partition coefficient (Wildman–Crippen LogP) is 28.1. The van der Waals surface area contributed by atoms with Crippen molar-refractivity contribution in [2.45, 2.75) is 399 Å². The minimum atomic E-state index is -4.94. The van der Waals surface area contributed by atoms with Gasteiger partial charge in [-0.3, -0.25) is 32.5 Å². The Morgan fingerprint density at radius 1 is 0.252 bits per heavy atom. The highest BCUT2D eigenvalue weighted by Gasteiger charge is 2.29. The number of esters is 3. The Bertz CT molecular complexity index is 2720. The number of phosphoric ester groups is 2. The van der Waals surface area contributed by atoms with Gasteiger partial charge in [-0.15, -0.1) is 0 Å². The number of carbonyl (C=O) groups is 3. The molecule has 0 saturated carbocycles. The quantitative estimate of drug-likeness (QED) is 0.0146. The second-order valence-electron chi connectivity index (χ2n) is 30.3. The first-order valence-corrected chi connectivity index (χ1v) is 48.8. The summed E-state index contributed by atoms with van der Waals surface area (Å²) >= 11 is 0. The van der Waals surface area contributed by atoms with Crippen LogP contribution in [-0.4, -0.2) is 95.9 Å². The normalized spacial score (nSPS) is 14.5. The lowest BCUT2D eigenvalue weighted by atomic mass is 10.0. The van der Waals surface area contributed by atoms with Crippen molar-refractivity contribution >= 4 is 33.6 Å². The number of aliphatic hydroxyl groups is 2. The average Bonchev–Trinajstić information content (AvgIpc) is 0.893. The van der Waals surface area contributed by atoms with Crippen LogP contribution in [-0.2, 0) is 55.8 Å². The number of hydrogen-bond donors (Lipinski definition) is 4. The molecule has 0 amide bonds. The fourth-order valence-electron chi connectivity index (χ4n) is 12.3. The van der Waals surface area contributed by atoms with Crippen LogP contribution >= 0.6 is 15.6 Å². The predicted molar refractivity (Wildman–Crippen MR) is 482 cm³/mol. The van der Waals surface area contributed by atoms with E-state index in [-0.39, 0.29) is 19.3 Å². The third-order valence-electron chi connectivity index (χ3n) is 19.2. The molecule has 18 heteroatoms. The number of allylic oxidation sites excluding steroid dienone is 26. The van der Waals surface area contributed by atoms with Crippen LogP contribution in [0.15, 0.2) is 158 Å². The Kier molecular flexibility index (Phi) is 84.7. The summed E-state index contributed by atoms with van der Waals surface area (Å²) in [5.74, 6) is -1.58. The summed E-state index contributed by atoms with van der Waals surface area (Å²) in [5.41, 5.74) is 0. The van der Waals surface area contributed by atoms with Crippen molar-refractivity contribution in [1.29, 1.82) is 0 Å². The highest BCUT2D eigenvalue weighted by Crippen LogP contribution is 2.45. The van der Waals surface area contributed by atoms with Gasteiger partial charge in [0, 0.05) is 19.3 Å². The second kappa shape index (κ2) is 88.5. The van der Waals surface area contributed by atoms with Crippen LogP contribution in [0.2, 0.25) is 0 Å². The molecule has 0 aromatic heterocycles. The molecule has 16 nitrogen and oxygen atoms in total. The van der Waals surface area contributed by atoms with E-state index in [0.29, 0.717) is 19.3 Å². The van der Waals surface area contributed by atoms with Crippen molar-refractivity contribution in [1.82, 2.24) is 0 Å². The summed E-state index contributed by atoms with van der Waals surface area (Å²) in [4.78, 5) is 58.9. The Balaban J connectivity index is 4.46. The first kappa shape index (κ1) is 110. The molecule has 0 aromatic rings. The van der Waals surface area contributed by atoms with Crippen LogP contribution in [0.3, 0.4) is 0 Å². The Labute approximate surface area is 701 Å². The molecule has 0 saturated heterocycles. The Morgan fingerprint density at radius 2 is 0.461 bits per heavy atom. The molecule has 5 unspecified atom stereocenters. The van der Waals surface area contributed by atoms with Gasteiger partial charge in [0.25, 0.3) is 0 Å². The summed E-state index contributed by atoms with van der Waals surface area (Å²) in [5, 5.41) is 20.7. The van der Waals surface area contributed by atoms with E-state index in [2.05, 4.69) is 179 Å². The lowest BCUT2D eigenvalue weighted by Crippen LogP contribution is -2.30. The first-order valence-electron chi connectivity index (χ1n) is 45.8. The topological polar surface area (TPSA) is 231 Å². The van der Waals surface area contributed by atoms with Crippen molar-refractivity contribution < 1.29 is 75.8 Å². The molecule has 0 heterocycles. The third-order valence-corrected chi connectivity index (χ3v) is 21.1. The van der Waals surface area contributed by atoms with Gasteiger partial charge in [-0.25, -0.2) is 9.13 Å². The number of aliphatic hydroxyl groups excluding tert-OH is 2. The number of rotatable bonds is 86. The summed E-state index contributed by atoms with van der Waals surface area (Å²) in [6, 6.07) is 0. The van der Waals surface area contributed by atoms with Gasteiger partial charge in [0.1, 0.15) is 25.4 Å². The van der Waals surface area contributed by atoms with E-state index in [1.807, 2.05) is 0 Å². The maximum absolute atomic E-state index is 13.0. The van der Waals surface area contributed by atoms with Crippen molar-refractivity contribution in [3.63, 3.8) is 0 Å². The highest BCUT2D eigenvalue weighted by molar-refractivity contribution is 7.47. The van der Waals surface area contributed by atoms with E-state index in [4.69, 9.17) is 32.3 Å². The molecule has 0 aliphatic rings. The molecule has 4 N–H and O–H groups in total. The molecule has 0 bridgehead atoms. The van der Waals surface area contributed by atoms with Gasteiger partial charge in [0.05, 0.1) is 26.4 Å². The van der Waals surface area contributed by atoms with E-state index < -0.39 is 91.5 Å². The standard InChI is InChI=1S/C97H166O16P2/c1-4-7-10-13-16-19-22-25-28-30-32-34-36-38-40-42-44-45-47-49-50-52-54-56-58-60-63-65-68-71-74-77-80-83-95(100)107-86-92(98)87-109-114(103,104)110-88-93(99)89-111-115(105,106)112-91-94(113-97(102)85-82-79-76-73-70-67-62-27-24-21-18-15-12-9-6-3)90-108-96(101)84-81-78-75-72-69-66-64-61-59-57-55-53-51-48-46-43-41-39-37-35-33-31-29-26-23-20-17-14-11-8-5-2/h7-8,10-11,16-21,25-29,32-35,38-41,46,48,62,92-94,98-99H,4-6,9,12-15,22-24,30-31,36-37,42-45,47,49-61,63-91H2,1-3H3,(H,103,104)(H,105,106)/b10-7-,11-8-,19-16-,20-17-,21-18-,28-25-,29-26-,34-32-,35-33-,40-38-,41-39-,48-46-,62-27-. The number of unbranched alkanes of at least 4 members (excludes halogenated alkanes) is 37. The molecule has 0 fully saturated rings. The Morgan fingerprint density at radius 3 is 0.730 bits per heavy atom. The molecule has 0 aliphatic carbocycles. The molecule has 0 radical (unpaired) electrons. The van der Waals surface area contributed by atoms with Crippen LogP contribution in [0.1, 0.15) is 380 Å². The first-order chi connectivity index (χ1) is 56.2. The van der Waals surface area contributed by atoms with Gasteiger partial charge >= 0.3 is 33.6 Å². The average molecular weight is 1650 g/mol. The van der Waals surface area contributed by atoms with Crippen LogP contribution < -0.4 is 0 Å². The molecule has 0 spiro atoms. The largest absolute Gasteiger partial charge is 0.472 e. The van der Waals surface area contributed by atoms with Crippen molar-refractivity contribution in [2.75, 3.05) is 39.6 Å². The molecule has 5 atom stereocenters. The van der Waals surface area contributed by atoms with Crippen LogP contribution in [0.25, 0.3) is 0 Å². The molecule has 660 valence electrons. The minimum Gasteiger partial charge on any atom is -0.463 e. The second-order valence-corrected chi connectivity index (χ2v) is 33.2. The zero-order chi connectivity index (χ0) is 83.6. The zero-order valence-corrected chi connectivity index (χ0v) is 74.5. The smallest absolute Gasteiger partial charge is 0.463 e. The summed E-state index contributed by atoms with van der Waals surface area (Å²) < 4.78 is 61.4. The van der Waals surface area contributed by atoms with Gasteiger partial charge < -0.3 is 34.2 Å². The molecule has 115 heavy (non-hydrogen) atoms. The maximum Gasteiger partial charge on any atom is 0.472 e. The van der Waals surface area contributed by atoms with Gasteiger partial charge in [0.2, 0.25) is 0 Å². The number of hydrogen-bond acceptors (Lipinski definition) is 14. The molecular formula is C97H166O16P2. The molecular weight excluding hydrogens is 1480 g/mol. The van der Waals surface area contributed by atoms with Crippen LogP contribution in [0.5, 0.6) is 0 Å². The summed E-state index contributed by atoms with van der Waals surface area (Å²) in [6.07, 6.45) is 113. The Hall–Kier alpha value is -4.83. The van der Waals surface area contributed by atoms with E-state index >= 15 is 0 Å². The monoisotopic (exact) mass is 1650 g/mol. The lowest BCUT2D eigenvalue weighted by molar-refractivity contribution is -0.161. The molecule has 0 rings (SSSR count). The third kappa shape index (κ3) is 89.8. The van der Waals surface area contributed by atoms with Gasteiger partial charge in [-0.05, 0) is 148 Å². The summed E-state index contributed by atoms with van der Waals surface area (Å²) in [6.45, 7) is 2.45. The summed E-state index contributed by atoms with van der Waals surface area (Å²) in [7, 11) is -9.81. The molecule has 0 aliphatic heterocycles. The fraction of sp³-hybridized carbons (Fsp3) is 0.701. The van der Waals surface area contributed by atoms with Gasteiger partial charge in [-0.1, -0.05) is 371 Å². The van der Waals surface area contributed by atoms with Crippen molar-refractivity contribution in [2.24, 2.45) is 0 Å². The zero-order valence-electron chi connectivity index (χ0n) is 72.7. The van der Waals surface area contributed by atoms with E-state index in [0.717, 1.165) is 167 Å². The van der Waals surface area contributed by atoms with Crippen molar-refractivity contribution in [3.8, 4) is 0 Å². The highest BCUT2D eigenvalue weighted by atomic mass is 31.2. The number of ether oxygens (including phenoxy) is 3. The fourth-order valence-corrected chi connectivity index (χ4v) is 13.9. The van der Waals surface area contributed by atoms with Crippen LogP contribution in [0, 0.1) is 0 Å². The molecule has 0 aromatic carbocycles. The number of phosphoric acid groups is 2.